The van der Waals surface area contributed by atoms with E-state index in [1.807, 2.05) is 20.8 Å². The normalized spacial score (nSPS) is 12.2. The van der Waals surface area contributed by atoms with E-state index in [1.54, 1.807) is 0 Å². The first kappa shape index (κ1) is 14.4. The summed E-state index contributed by atoms with van der Waals surface area (Å²) in [4.78, 5) is 11.3. The average Bonchev–Trinajstić information content (AvgIpc) is 2.83. The maximum absolute atomic E-state index is 11.3. The largest absolute Gasteiger partial charge is 0.406 e. The second-order valence-corrected chi connectivity index (χ2v) is 3.93. The molecule has 1 heterocycles. The molecule has 0 saturated heterocycles. The quantitative estimate of drug-likeness (QED) is 0.632. The van der Waals surface area contributed by atoms with Gasteiger partial charge in [0.2, 0.25) is 11.8 Å². The molecule has 3 N–H and O–H groups in total. The van der Waals surface area contributed by atoms with Crippen LogP contribution in [-0.2, 0) is 4.79 Å². The molecule has 1 aromatic rings. The highest BCUT2D eigenvalue weighted by molar-refractivity contribution is 5.79. The number of amides is 1. The predicted molar refractivity (Wildman–Crippen MR) is 68.2 cm³/mol. The molecule has 0 fully saturated rings. The Morgan fingerprint density at radius 2 is 2.17 bits per heavy atom. The van der Waals surface area contributed by atoms with E-state index in [1.165, 1.54) is 0 Å². The third-order valence-electron chi connectivity index (χ3n) is 2.29. The molecule has 1 amide bonds. The minimum Gasteiger partial charge on any atom is -0.406 e. The van der Waals surface area contributed by atoms with Gasteiger partial charge in [-0.2, -0.15) is 0 Å². The second-order valence-electron chi connectivity index (χ2n) is 3.93. The molecule has 0 bridgehead atoms. The van der Waals surface area contributed by atoms with Crippen LogP contribution in [0.5, 0.6) is 0 Å². The monoisotopic (exact) mass is 255 g/mol. The van der Waals surface area contributed by atoms with Crippen LogP contribution in [0.3, 0.4) is 0 Å². The van der Waals surface area contributed by atoms with Crippen molar-refractivity contribution in [3.63, 3.8) is 0 Å². The van der Waals surface area contributed by atoms with E-state index < -0.39 is 0 Å². The summed E-state index contributed by atoms with van der Waals surface area (Å²) in [6.07, 6.45) is 0.913. The number of hydrogen-bond acceptors (Lipinski definition) is 6. The predicted octanol–water partition coefficient (Wildman–Crippen LogP) is 0.678. The van der Waals surface area contributed by atoms with Crippen LogP contribution in [0.15, 0.2) is 4.42 Å². The lowest BCUT2D eigenvalue weighted by atomic mass is 10.3. The van der Waals surface area contributed by atoms with E-state index in [-0.39, 0.29) is 24.5 Å². The number of carbonyl (C=O) groups excluding carboxylic acids is 1. The van der Waals surface area contributed by atoms with Crippen LogP contribution in [0.25, 0.3) is 0 Å². The van der Waals surface area contributed by atoms with Crippen molar-refractivity contribution >= 4 is 11.9 Å². The Morgan fingerprint density at radius 3 is 2.83 bits per heavy atom. The summed E-state index contributed by atoms with van der Waals surface area (Å²) in [6, 6.07) is 0.272. The minimum absolute atomic E-state index is 0.00645. The lowest BCUT2D eigenvalue weighted by molar-refractivity contribution is -0.119. The van der Waals surface area contributed by atoms with Gasteiger partial charge in [-0.1, -0.05) is 18.9 Å². The van der Waals surface area contributed by atoms with Crippen LogP contribution in [0.2, 0.25) is 0 Å². The molecule has 1 aromatic heterocycles. The highest BCUT2D eigenvalue weighted by atomic mass is 16.4. The second kappa shape index (κ2) is 7.65. The van der Waals surface area contributed by atoms with Crippen molar-refractivity contribution in [2.24, 2.45) is 0 Å². The highest BCUT2D eigenvalue weighted by Gasteiger charge is 2.12. The van der Waals surface area contributed by atoms with E-state index in [0.29, 0.717) is 12.4 Å². The first-order valence-corrected chi connectivity index (χ1v) is 6.24. The fourth-order valence-corrected chi connectivity index (χ4v) is 1.36. The van der Waals surface area contributed by atoms with Gasteiger partial charge >= 0.3 is 6.01 Å². The lowest BCUT2D eigenvalue weighted by Gasteiger charge is -2.06. The number of nitrogens with one attached hydrogen (secondary N) is 3. The van der Waals surface area contributed by atoms with E-state index in [9.17, 15) is 4.79 Å². The van der Waals surface area contributed by atoms with E-state index >= 15 is 0 Å². The van der Waals surface area contributed by atoms with Crippen molar-refractivity contribution in [1.29, 1.82) is 0 Å². The zero-order valence-electron chi connectivity index (χ0n) is 11.1. The molecular weight excluding hydrogens is 234 g/mol. The van der Waals surface area contributed by atoms with E-state index in [0.717, 1.165) is 13.0 Å². The minimum atomic E-state index is -0.0867. The summed E-state index contributed by atoms with van der Waals surface area (Å²) in [5.41, 5.74) is 0. The topological polar surface area (TPSA) is 92.1 Å². The molecule has 0 spiro atoms. The van der Waals surface area contributed by atoms with E-state index in [2.05, 4.69) is 26.1 Å². The third kappa shape index (κ3) is 4.70. The van der Waals surface area contributed by atoms with Crippen LogP contribution < -0.4 is 16.0 Å². The van der Waals surface area contributed by atoms with Gasteiger partial charge in [-0.05, 0) is 19.9 Å². The summed E-state index contributed by atoms with van der Waals surface area (Å²) >= 11 is 0. The molecular formula is C11H21N5O2. The molecule has 1 rings (SSSR count). The average molecular weight is 255 g/mol. The number of rotatable bonds is 8. The summed E-state index contributed by atoms with van der Waals surface area (Å²) in [7, 11) is 0. The van der Waals surface area contributed by atoms with Gasteiger partial charge in [0, 0.05) is 6.54 Å². The van der Waals surface area contributed by atoms with Gasteiger partial charge in [0.15, 0.2) is 0 Å². The highest BCUT2D eigenvalue weighted by Crippen LogP contribution is 2.12. The van der Waals surface area contributed by atoms with Crippen LogP contribution in [0.1, 0.15) is 39.1 Å². The molecule has 7 heteroatoms. The number of anilines is 1. The zero-order chi connectivity index (χ0) is 13.4. The van der Waals surface area contributed by atoms with Crippen LogP contribution in [0, 0.1) is 0 Å². The molecule has 0 aliphatic heterocycles. The Bertz CT molecular complexity index is 366. The molecule has 1 unspecified atom stereocenters. The molecule has 0 aliphatic rings. The Labute approximate surface area is 107 Å². The van der Waals surface area contributed by atoms with Gasteiger partial charge in [-0.25, -0.2) is 0 Å². The van der Waals surface area contributed by atoms with Crippen molar-refractivity contribution in [3.05, 3.63) is 5.89 Å². The third-order valence-corrected chi connectivity index (χ3v) is 2.29. The Morgan fingerprint density at radius 1 is 1.39 bits per heavy atom. The summed E-state index contributed by atoms with van der Waals surface area (Å²) in [5.74, 6) is 0.421. The Hall–Kier alpha value is -1.63. The first-order valence-electron chi connectivity index (χ1n) is 6.24. The molecule has 0 radical (unpaired) electrons. The molecule has 0 aliphatic carbocycles. The lowest BCUT2D eigenvalue weighted by Crippen LogP contribution is -2.30. The van der Waals surface area contributed by atoms with Crippen LogP contribution >= 0.6 is 0 Å². The van der Waals surface area contributed by atoms with Gasteiger partial charge in [-0.3, -0.25) is 4.79 Å². The van der Waals surface area contributed by atoms with Crippen molar-refractivity contribution in [2.75, 3.05) is 25.0 Å². The summed E-state index contributed by atoms with van der Waals surface area (Å²) in [5, 5.41) is 16.4. The molecule has 1 atom stereocenters. The standard InChI is InChI=1S/C11H21N5O2/c1-4-6-13-9(17)7-14-11-16-15-10(18-11)8(3)12-5-2/h8,12H,4-7H2,1-3H3,(H,13,17)(H,14,16). The van der Waals surface area contributed by atoms with Gasteiger partial charge in [0.05, 0.1) is 12.6 Å². The van der Waals surface area contributed by atoms with Crippen LogP contribution in [0.4, 0.5) is 6.01 Å². The fourth-order valence-electron chi connectivity index (χ4n) is 1.36. The number of carbonyl (C=O) groups is 1. The van der Waals surface area contributed by atoms with Gasteiger partial charge in [0.25, 0.3) is 0 Å². The molecule has 18 heavy (non-hydrogen) atoms. The van der Waals surface area contributed by atoms with E-state index in [4.69, 9.17) is 4.42 Å². The molecule has 0 aromatic carbocycles. The number of aromatic nitrogens is 2. The first-order chi connectivity index (χ1) is 8.67. The van der Waals surface area contributed by atoms with Gasteiger partial charge < -0.3 is 20.4 Å². The summed E-state index contributed by atoms with van der Waals surface area (Å²) < 4.78 is 5.38. The summed E-state index contributed by atoms with van der Waals surface area (Å²) in [6.45, 7) is 7.58. The smallest absolute Gasteiger partial charge is 0.315 e. The van der Waals surface area contributed by atoms with Crippen molar-refractivity contribution in [3.8, 4) is 0 Å². The maximum atomic E-state index is 11.3. The molecule has 0 saturated carbocycles. The number of nitrogens with zero attached hydrogens (tertiary/aromatic N) is 2. The SMILES string of the molecule is CCCNC(=O)CNc1nnc(C(C)NCC)o1. The molecule has 102 valence electrons. The zero-order valence-corrected chi connectivity index (χ0v) is 11.1. The maximum Gasteiger partial charge on any atom is 0.315 e. The van der Waals surface area contributed by atoms with Crippen molar-refractivity contribution < 1.29 is 9.21 Å². The van der Waals surface area contributed by atoms with Gasteiger partial charge in [0.1, 0.15) is 0 Å². The number of hydrogen-bond donors (Lipinski definition) is 3. The van der Waals surface area contributed by atoms with Crippen molar-refractivity contribution in [2.45, 2.75) is 33.2 Å². The molecule has 7 nitrogen and oxygen atoms in total. The fraction of sp³-hybridized carbons (Fsp3) is 0.727. The Kier molecular flexibility index (Phi) is 6.13. The van der Waals surface area contributed by atoms with Crippen LogP contribution in [-0.4, -0.2) is 35.7 Å². The Balaban J connectivity index is 2.37. The van der Waals surface area contributed by atoms with Gasteiger partial charge in [-0.15, -0.1) is 5.10 Å². The van der Waals surface area contributed by atoms with Crippen molar-refractivity contribution in [1.82, 2.24) is 20.8 Å².